The Morgan fingerprint density at radius 3 is 2.81 bits per heavy atom. The molecular formula is C14H22N2. The fraction of sp³-hybridized carbons (Fsp3) is 0.643. The topological polar surface area (TPSA) is 16.1 Å². The standard InChI is InChI=1S/C14H22N2/c1-11(2)16-7-5-4-6-14(16)13-8-12(3)9-15-10-13/h8-11,14H,4-7H2,1-3H3/t14-/m1/s1. The van der Waals surface area contributed by atoms with Crippen LogP contribution in [0, 0.1) is 6.92 Å². The summed E-state index contributed by atoms with van der Waals surface area (Å²) in [5, 5.41) is 0. The Morgan fingerprint density at radius 2 is 2.12 bits per heavy atom. The van der Waals surface area contributed by atoms with Gasteiger partial charge >= 0.3 is 0 Å². The van der Waals surface area contributed by atoms with E-state index in [0.717, 1.165) is 0 Å². The van der Waals surface area contributed by atoms with Crippen molar-refractivity contribution >= 4 is 0 Å². The number of aryl methyl sites for hydroxylation is 1. The Balaban J connectivity index is 2.23. The molecule has 16 heavy (non-hydrogen) atoms. The van der Waals surface area contributed by atoms with Gasteiger partial charge in [0.25, 0.3) is 0 Å². The molecule has 2 nitrogen and oxygen atoms in total. The molecule has 0 radical (unpaired) electrons. The molecule has 2 heteroatoms. The molecule has 1 atom stereocenters. The van der Waals surface area contributed by atoms with Gasteiger partial charge in [0.15, 0.2) is 0 Å². The lowest BCUT2D eigenvalue weighted by atomic mass is 9.94. The fourth-order valence-electron chi connectivity index (χ4n) is 2.69. The van der Waals surface area contributed by atoms with Crippen LogP contribution < -0.4 is 0 Å². The number of aromatic nitrogens is 1. The molecule has 0 aromatic carbocycles. The smallest absolute Gasteiger partial charge is 0.0366 e. The number of hydrogen-bond acceptors (Lipinski definition) is 2. The fourth-order valence-corrected chi connectivity index (χ4v) is 2.69. The Morgan fingerprint density at radius 1 is 1.31 bits per heavy atom. The van der Waals surface area contributed by atoms with E-state index in [1.54, 1.807) is 0 Å². The second kappa shape index (κ2) is 4.96. The first-order chi connectivity index (χ1) is 7.68. The summed E-state index contributed by atoms with van der Waals surface area (Å²) in [6, 6.07) is 3.50. The van der Waals surface area contributed by atoms with E-state index in [0.29, 0.717) is 12.1 Å². The number of piperidine rings is 1. The van der Waals surface area contributed by atoms with Crippen LogP contribution >= 0.6 is 0 Å². The van der Waals surface area contributed by atoms with Gasteiger partial charge in [0.1, 0.15) is 0 Å². The van der Waals surface area contributed by atoms with Crippen molar-refractivity contribution in [3.05, 3.63) is 29.6 Å². The molecule has 0 spiro atoms. The molecular weight excluding hydrogens is 196 g/mol. The summed E-state index contributed by atoms with van der Waals surface area (Å²) >= 11 is 0. The average molecular weight is 218 g/mol. The lowest BCUT2D eigenvalue weighted by Gasteiger charge is -2.38. The highest BCUT2D eigenvalue weighted by molar-refractivity contribution is 5.20. The molecule has 0 amide bonds. The molecule has 2 heterocycles. The maximum atomic E-state index is 4.33. The van der Waals surface area contributed by atoms with Crippen molar-refractivity contribution in [3.63, 3.8) is 0 Å². The van der Waals surface area contributed by atoms with Gasteiger partial charge in [-0.15, -0.1) is 0 Å². The minimum absolute atomic E-state index is 0.584. The van der Waals surface area contributed by atoms with Crippen LogP contribution in [0.25, 0.3) is 0 Å². The average Bonchev–Trinajstić information content (AvgIpc) is 2.29. The molecule has 0 N–H and O–H groups in total. The zero-order chi connectivity index (χ0) is 11.5. The summed E-state index contributed by atoms with van der Waals surface area (Å²) < 4.78 is 0. The number of nitrogens with zero attached hydrogens (tertiary/aromatic N) is 2. The van der Waals surface area contributed by atoms with E-state index < -0.39 is 0 Å². The van der Waals surface area contributed by atoms with Gasteiger partial charge in [-0.2, -0.15) is 0 Å². The highest BCUT2D eigenvalue weighted by Crippen LogP contribution is 2.32. The quantitative estimate of drug-likeness (QED) is 0.757. The van der Waals surface area contributed by atoms with Crippen molar-refractivity contribution in [1.82, 2.24) is 9.88 Å². The van der Waals surface area contributed by atoms with Crippen LogP contribution in [0.3, 0.4) is 0 Å². The van der Waals surface area contributed by atoms with Crippen LogP contribution in [0.4, 0.5) is 0 Å². The molecule has 1 aliphatic heterocycles. The van der Waals surface area contributed by atoms with Crippen molar-refractivity contribution in [2.45, 2.75) is 52.1 Å². The van der Waals surface area contributed by atoms with Crippen LogP contribution in [-0.4, -0.2) is 22.5 Å². The second-order valence-electron chi connectivity index (χ2n) is 5.14. The Hall–Kier alpha value is -0.890. The maximum absolute atomic E-state index is 4.33. The van der Waals surface area contributed by atoms with Crippen molar-refractivity contribution < 1.29 is 0 Å². The van der Waals surface area contributed by atoms with Crippen LogP contribution in [-0.2, 0) is 0 Å². The second-order valence-corrected chi connectivity index (χ2v) is 5.14. The lowest BCUT2D eigenvalue weighted by molar-refractivity contribution is 0.112. The van der Waals surface area contributed by atoms with Gasteiger partial charge in [0.05, 0.1) is 0 Å². The normalized spacial score (nSPS) is 22.6. The van der Waals surface area contributed by atoms with Crippen LogP contribution in [0.15, 0.2) is 18.5 Å². The van der Waals surface area contributed by atoms with Gasteiger partial charge in [0.2, 0.25) is 0 Å². The molecule has 0 unspecified atom stereocenters. The largest absolute Gasteiger partial charge is 0.294 e. The van der Waals surface area contributed by atoms with Crippen LogP contribution in [0.1, 0.15) is 50.3 Å². The molecule has 0 saturated carbocycles. The number of hydrogen-bond donors (Lipinski definition) is 0. The first kappa shape index (κ1) is 11.6. The van der Waals surface area contributed by atoms with E-state index in [4.69, 9.17) is 0 Å². The molecule has 1 saturated heterocycles. The first-order valence-electron chi connectivity index (χ1n) is 6.36. The minimum Gasteiger partial charge on any atom is -0.294 e. The maximum Gasteiger partial charge on any atom is 0.0366 e. The highest BCUT2D eigenvalue weighted by Gasteiger charge is 2.25. The van der Waals surface area contributed by atoms with Crippen molar-refractivity contribution in [1.29, 1.82) is 0 Å². The predicted molar refractivity (Wildman–Crippen MR) is 67.4 cm³/mol. The molecule has 0 aliphatic carbocycles. The van der Waals surface area contributed by atoms with Gasteiger partial charge in [0, 0.05) is 24.5 Å². The van der Waals surface area contributed by atoms with E-state index in [-0.39, 0.29) is 0 Å². The summed E-state index contributed by atoms with van der Waals surface area (Å²) in [5.41, 5.74) is 2.67. The summed E-state index contributed by atoms with van der Waals surface area (Å²) in [5.74, 6) is 0. The summed E-state index contributed by atoms with van der Waals surface area (Å²) in [4.78, 5) is 6.94. The minimum atomic E-state index is 0.584. The van der Waals surface area contributed by atoms with E-state index >= 15 is 0 Å². The molecule has 1 fully saturated rings. The van der Waals surface area contributed by atoms with Crippen molar-refractivity contribution in [2.24, 2.45) is 0 Å². The molecule has 1 aromatic rings. The van der Waals surface area contributed by atoms with Crippen LogP contribution in [0.5, 0.6) is 0 Å². The van der Waals surface area contributed by atoms with Crippen molar-refractivity contribution in [2.75, 3.05) is 6.54 Å². The monoisotopic (exact) mass is 218 g/mol. The summed E-state index contributed by atoms with van der Waals surface area (Å²) in [7, 11) is 0. The molecule has 88 valence electrons. The lowest BCUT2D eigenvalue weighted by Crippen LogP contribution is -2.38. The van der Waals surface area contributed by atoms with E-state index in [1.165, 1.54) is 36.9 Å². The molecule has 1 aliphatic rings. The highest BCUT2D eigenvalue weighted by atomic mass is 15.2. The van der Waals surface area contributed by atoms with Crippen LogP contribution in [0.2, 0.25) is 0 Å². The first-order valence-corrected chi connectivity index (χ1v) is 6.36. The van der Waals surface area contributed by atoms with E-state index in [1.807, 2.05) is 12.4 Å². The van der Waals surface area contributed by atoms with Crippen molar-refractivity contribution in [3.8, 4) is 0 Å². The summed E-state index contributed by atoms with van der Waals surface area (Å²) in [6.07, 6.45) is 7.95. The number of likely N-dealkylation sites (tertiary alicyclic amines) is 1. The third-order valence-electron chi connectivity index (χ3n) is 3.49. The molecule has 0 bridgehead atoms. The van der Waals surface area contributed by atoms with Gasteiger partial charge in [-0.05, 0) is 51.3 Å². The zero-order valence-electron chi connectivity index (χ0n) is 10.6. The van der Waals surface area contributed by atoms with Gasteiger partial charge in [-0.3, -0.25) is 9.88 Å². The Kier molecular flexibility index (Phi) is 3.59. The Bertz CT molecular complexity index is 346. The molecule has 1 aromatic heterocycles. The SMILES string of the molecule is Cc1cncc([C@H]2CCCCN2C(C)C)c1. The zero-order valence-corrected chi connectivity index (χ0v) is 10.6. The van der Waals surface area contributed by atoms with Gasteiger partial charge < -0.3 is 0 Å². The van der Waals surface area contributed by atoms with E-state index in [2.05, 4.69) is 36.7 Å². The third kappa shape index (κ3) is 2.43. The third-order valence-corrected chi connectivity index (χ3v) is 3.49. The Labute approximate surface area is 98.7 Å². The van der Waals surface area contributed by atoms with Gasteiger partial charge in [-0.25, -0.2) is 0 Å². The van der Waals surface area contributed by atoms with Gasteiger partial charge in [-0.1, -0.05) is 12.5 Å². The number of pyridine rings is 1. The predicted octanol–water partition coefficient (Wildman–Crippen LogP) is 3.33. The number of rotatable bonds is 2. The summed E-state index contributed by atoms with van der Waals surface area (Å²) in [6.45, 7) is 7.94. The molecule has 2 rings (SSSR count). The van der Waals surface area contributed by atoms with E-state index in [9.17, 15) is 0 Å².